The molecule has 0 aliphatic carbocycles. The molecule has 4 nitrogen and oxygen atoms in total. The van der Waals surface area contributed by atoms with Crippen molar-refractivity contribution in [2.75, 3.05) is 18.0 Å². The molecule has 0 saturated heterocycles. The van der Waals surface area contributed by atoms with E-state index in [0.717, 1.165) is 16.8 Å². The number of nitrogens with zero attached hydrogens (tertiary/aromatic N) is 1. The molecule has 0 heterocycles. The van der Waals surface area contributed by atoms with E-state index in [9.17, 15) is 9.59 Å². The van der Waals surface area contributed by atoms with Crippen molar-refractivity contribution in [2.45, 2.75) is 20.8 Å². The van der Waals surface area contributed by atoms with E-state index in [1.165, 1.54) is 6.92 Å². The van der Waals surface area contributed by atoms with Gasteiger partial charge in [0.2, 0.25) is 5.91 Å². The number of carbonyl (C=O) groups excluding carboxylic acids is 2. The van der Waals surface area contributed by atoms with Crippen molar-refractivity contribution in [3.05, 3.63) is 64.2 Å². The Labute approximate surface area is 147 Å². The molecule has 0 aromatic heterocycles. The second-order valence-electron chi connectivity index (χ2n) is 5.70. The van der Waals surface area contributed by atoms with Gasteiger partial charge >= 0.3 is 0 Å². The summed E-state index contributed by atoms with van der Waals surface area (Å²) in [5.74, 6) is -0.226. The summed E-state index contributed by atoms with van der Waals surface area (Å²) in [6.45, 7) is 6.25. The van der Waals surface area contributed by atoms with E-state index in [1.54, 1.807) is 35.2 Å². The summed E-state index contributed by atoms with van der Waals surface area (Å²) >= 11 is 5.87. The van der Waals surface area contributed by atoms with Gasteiger partial charge in [0, 0.05) is 36.3 Å². The Morgan fingerprint density at radius 3 is 2.29 bits per heavy atom. The van der Waals surface area contributed by atoms with Gasteiger partial charge in [0.05, 0.1) is 0 Å². The minimum Gasteiger partial charge on any atom is -0.350 e. The second kappa shape index (κ2) is 7.97. The van der Waals surface area contributed by atoms with Gasteiger partial charge in [0.25, 0.3) is 5.91 Å². The van der Waals surface area contributed by atoms with Crippen LogP contribution < -0.4 is 10.2 Å². The van der Waals surface area contributed by atoms with Crippen molar-refractivity contribution in [3.63, 3.8) is 0 Å². The van der Waals surface area contributed by atoms with E-state index >= 15 is 0 Å². The summed E-state index contributed by atoms with van der Waals surface area (Å²) in [6, 6.07) is 12.6. The molecule has 2 amide bonds. The molecule has 0 saturated carbocycles. The SMILES string of the molecule is CC(=O)N(CCNC(=O)c1ccc(C)c(C)c1)c1ccc(Cl)cc1. The van der Waals surface area contributed by atoms with Crippen molar-refractivity contribution in [1.82, 2.24) is 5.32 Å². The third-order valence-corrected chi connectivity index (χ3v) is 4.16. The number of rotatable bonds is 5. The highest BCUT2D eigenvalue weighted by Crippen LogP contribution is 2.18. The Kier molecular flexibility index (Phi) is 5.99. The van der Waals surface area contributed by atoms with Gasteiger partial charge in [-0.2, -0.15) is 0 Å². The fraction of sp³-hybridized carbons (Fsp3) is 0.263. The largest absolute Gasteiger partial charge is 0.350 e. The number of benzene rings is 2. The van der Waals surface area contributed by atoms with E-state index in [0.29, 0.717) is 23.7 Å². The topological polar surface area (TPSA) is 49.4 Å². The fourth-order valence-electron chi connectivity index (χ4n) is 2.36. The molecular weight excluding hydrogens is 324 g/mol. The predicted molar refractivity (Wildman–Crippen MR) is 97.7 cm³/mol. The first-order valence-electron chi connectivity index (χ1n) is 7.77. The van der Waals surface area contributed by atoms with Crippen LogP contribution in [-0.4, -0.2) is 24.9 Å². The zero-order chi connectivity index (χ0) is 17.7. The molecular formula is C19H21ClN2O2. The van der Waals surface area contributed by atoms with E-state index in [2.05, 4.69) is 5.32 Å². The molecule has 0 spiro atoms. The lowest BCUT2D eigenvalue weighted by molar-refractivity contribution is -0.116. The molecule has 2 rings (SSSR count). The highest BCUT2D eigenvalue weighted by Gasteiger charge is 2.12. The number of hydrogen-bond acceptors (Lipinski definition) is 2. The molecule has 126 valence electrons. The average molecular weight is 345 g/mol. The highest BCUT2D eigenvalue weighted by atomic mass is 35.5. The van der Waals surface area contributed by atoms with Gasteiger partial charge in [-0.15, -0.1) is 0 Å². The van der Waals surface area contributed by atoms with Crippen LogP contribution in [0.15, 0.2) is 42.5 Å². The molecule has 0 unspecified atom stereocenters. The zero-order valence-corrected chi connectivity index (χ0v) is 14.9. The van der Waals surface area contributed by atoms with Crippen LogP contribution in [-0.2, 0) is 4.79 Å². The van der Waals surface area contributed by atoms with Crippen LogP contribution in [0.2, 0.25) is 5.02 Å². The number of carbonyl (C=O) groups is 2. The molecule has 0 aliphatic heterocycles. The monoisotopic (exact) mass is 344 g/mol. The van der Waals surface area contributed by atoms with E-state index in [-0.39, 0.29) is 11.8 Å². The van der Waals surface area contributed by atoms with Gasteiger partial charge in [0.15, 0.2) is 0 Å². The predicted octanol–water partition coefficient (Wildman–Crippen LogP) is 3.74. The van der Waals surface area contributed by atoms with Crippen LogP contribution >= 0.6 is 11.6 Å². The smallest absolute Gasteiger partial charge is 0.251 e. The van der Waals surface area contributed by atoms with Crippen molar-refractivity contribution in [3.8, 4) is 0 Å². The van der Waals surface area contributed by atoms with Crippen LogP contribution in [0, 0.1) is 13.8 Å². The summed E-state index contributed by atoms with van der Waals surface area (Å²) in [5, 5.41) is 3.47. The number of halogens is 1. The Morgan fingerprint density at radius 2 is 1.71 bits per heavy atom. The molecule has 0 aliphatic rings. The summed E-state index contributed by atoms with van der Waals surface area (Å²) in [5.41, 5.74) is 3.61. The Balaban J connectivity index is 1.97. The van der Waals surface area contributed by atoms with Crippen molar-refractivity contribution >= 4 is 29.1 Å². The van der Waals surface area contributed by atoms with Gasteiger partial charge in [-0.3, -0.25) is 9.59 Å². The van der Waals surface area contributed by atoms with Gasteiger partial charge in [-0.25, -0.2) is 0 Å². The van der Waals surface area contributed by atoms with Crippen LogP contribution in [0.25, 0.3) is 0 Å². The van der Waals surface area contributed by atoms with Gasteiger partial charge < -0.3 is 10.2 Å². The maximum absolute atomic E-state index is 12.2. The fourth-order valence-corrected chi connectivity index (χ4v) is 2.48. The van der Waals surface area contributed by atoms with Gasteiger partial charge in [0.1, 0.15) is 0 Å². The van der Waals surface area contributed by atoms with E-state index in [1.807, 2.05) is 26.0 Å². The summed E-state index contributed by atoms with van der Waals surface area (Å²) in [7, 11) is 0. The van der Waals surface area contributed by atoms with Crippen LogP contribution in [0.5, 0.6) is 0 Å². The first-order chi connectivity index (χ1) is 11.4. The molecule has 2 aromatic rings. The normalized spacial score (nSPS) is 10.3. The maximum Gasteiger partial charge on any atom is 0.251 e. The summed E-state index contributed by atoms with van der Waals surface area (Å²) in [4.78, 5) is 25.7. The molecule has 0 fully saturated rings. The molecule has 0 atom stereocenters. The maximum atomic E-state index is 12.2. The molecule has 0 bridgehead atoms. The number of nitrogens with one attached hydrogen (secondary N) is 1. The van der Waals surface area contributed by atoms with Crippen molar-refractivity contribution in [1.29, 1.82) is 0 Å². The third-order valence-electron chi connectivity index (χ3n) is 3.91. The quantitative estimate of drug-likeness (QED) is 0.898. The van der Waals surface area contributed by atoms with Crippen molar-refractivity contribution < 1.29 is 9.59 Å². The zero-order valence-electron chi connectivity index (χ0n) is 14.1. The minimum atomic E-state index is -0.141. The van der Waals surface area contributed by atoms with Crippen LogP contribution in [0.3, 0.4) is 0 Å². The number of aryl methyl sites for hydroxylation is 2. The molecule has 0 radical (unpaired) electrons. The first kappa shape index (κ1) is 18.0. The molecule has 1 N–H and O–H groups in total. The van der Waals surface area contributed by atoms with Crippen LogP contribution in [0.4, 0.5) is 5.69 Å². The Hall–Kier alpha value is -2.33. The Morgan fingerprint density at radius 1 is 1.04 bits per heavy atom. The average Bonchev–Trinajstić information content (AvgIpc) is 2.54. The van der Waals surface area contributed by atoms with Gasteiger partial charge in [-0.05, 0) is 61.4 Å². The molecule has 5 heteroatoms. The van der Waals surface area contributed by atoms with E-state index in [4.69, 9.17) is 11.6 Å². The molecule has 2 aromatic carbocycles. The summed E-state index contributed by atoms with van der Waals surface area (Å²) in [6.07, 6.45) is 0. The lowest BCUT2D eigenvalue weighted by Gasteiger charge is -2.21. The number of amides is 2. The van der Waals surface area contributed by atoms with Gasteiger partial charge in [-0.1, -0.05) is 17.7 Å². The highest BCUT2D eigenvalue weighted by molar-refractivity contribution is 6.30. The summed E-state index contributed by atoms with van der Waals surface area (Å²) < 4.78 is 0. The third kappa shape index (κ3) is 4.59. The Bertz CT molecular complexity index is 742. The molecule has 24 heavy (non-hydrogen) atoms. The second-order valence-corrected chi connectivity index (χ2v) is 6.14. The standard InChI is InChI=1S/C19H21ClN2O2/c1-13-4-5-16(12-14(13)2)19(24)21-10-11-22(15(3)23)18-8-6-17(20)7-9-18/h4-9,12H,10-11H2,1-3H3,(H,21,24). The first-order valence-corrected chi connectivity index (χ1v) is 8.15. The number of anilines is 1. The minimum absolute atomic E-state index is 0.0854. The number of hydrogen-bond donors (Lipinski definition) is 1. The van der Waals surface area contributed by atoms with Crippen LogP contribution in [0.1, 0.15) is 28.4 Å². The lowest BCUT2D eigenvalue weighted by Crippen LogP contribution is -2.37. The lowest BCUT2D eigenvalue weighted by atomic mass is 10.1. The van der Waals surface area contributed by atoms with E-state index < -0.39 is 0 Å². The van der Waals surface area contributed by atoms with Crippen molar-refractivity contribution in [2.24, 2.45) is 0 Å².